The number of hydrogen-bond donors (Lipinski definition) is 0. The zero-order valence-electron chi connectivity index (χ0n) is 12.3. The molecule has 0 fully saturated rings. The van der Waals surface area contributed by atoms with Crippen molar-refractivity contribution in [2.45, 2.75) is 26.7 Å². The molecule has 3 rings (SSSR count). The summed E-state index contributed by atoms with van der Waals surface area (Å²) in [5.74, 6) is 0.481. The summed E-state index contributed by atoms with van der Waals surface area (Å²) in [4.78, 5) is 4.81. The summed E-state index contributed by atoms with van der Waals surface area (Å²) in [5.41, 5.74) is 4.87. The van der Waals surface area contributed by atoms with Gasteiger partial charge in [0.2, 0.25) is 5.01 Å². The Morgan fingerprint density at radius 1 is 1.10 bits per heavy atom. The van der Waals surface area contributed by atoms with Crippen LogP contribution in [0.15, 0.2) is 36.4 Å². The summed E-state index contributed by atoms with van der Waals surface area (Å²) in [6, 6.07) is 12.9. The molecule has 0 saturated carbocycles. The van der Waals surface area contributed by atoms with Gasteiger partial charge in [-0.2, -0.15) is 0 Å². The average Bonchev–Trinajstić information content (AvgIpc) is 2.86. The lowest BCUT2D eigenvalue weighted by atomic mass is 10.1. The average molecular weight is 283 g/mol. The standard InChI is InChI=1S/C17H19N2S/c1-11(2)17-18-16-15(20-17)10-9-14(19(16)4)13-8-6-5-7-12(13)3/h5-11H,1-4H3/q+1. The SMILES string of the molecule is Cc1ccccc1-c1ccc2sc(C(C)C)nc2[n+]1C. The van der Waals surface area contributed by atoms with Crippen LogP contribution in [0.4, 0.5) is 0 Å². The minimum atomic E-state index is 0.481. The second kappa shape index (κ2) is 4.98. The van der Waals surface area contributed by atoms with Gasteiger partial charge in [0.25, 0.3) is 0 Å². The Kier molecular flexibility index (Phi) is 3.30. The van der Waals surface area contributed by atoms with Crippen LogP contribution in [0.5, 0.6) is 0 Å². The predicted octanol–water partition coefficient (Wildman–Crippen LogP) is 4.22. The van der Waals surface area contributed by atoms with Crippen molar-refractivity contribution in [2.75, 3.05) is 0 Å². The van der Waals surface area contributed by atoms with Crippen LogP contribution in [-0.4, -0.2) is 4.98 Å². The quantitative estimate of drug-likeness (QED) is 0.643. The Balaban J connectivity index is 2.23. The van der Waals surface area contributed by atoms with Gasteiger partial charge in [-0.3, -0.25) is 0 Å². The highest BCUT2D eigenvalue weighted by Gasteiger charge is 2.20. The third kappa shape index (κ3) is 2.12. The molecular weight excluding hydrogens is 264 g/mol. The Hall–Kier alpha value is -1.74. The monoisotopic (exact) mass is 283 g/mol. The number of thiazole rings is 1. The van der Waals surface area contributed by atoms with Gasteiger partial charge in [0.05, 0.1) is 7.05 Å². The lowest BCUT2D eigenvalue weighted by Gasteiger charge is -2.06. The molecule has 2 heterocycles. The van der Waals surface area contributed by atoms with Gasteiger partial charge in [0.1, 0.15) is 10.4 Å². The number of hydrogen-bond acceptors (Lipinski definition) is 2. The fourth-order valence-electron chi connectivity index (χ4n) is 2.45. The summed E-state index contributed by atoms with van der Waals surface area (Å²) >= 11 is 1.80. The van der Waals surface area contributed by atoms with Crippen molar-refractivity contribution in [1.82, 2.24) is 4.98 Å². The molecule has 2 aromatic heterocycles. The molecule has 1 aromatic carbocycles. The largest absolute Gasteiger partial charge is 0.342 e. The number of aryl methyl sites for hydroxylation is 2. The topological polar surface area (TPSA) is 16.8 Å². The second-order valence-corrected chi connectivity index (χ2v) is 6.55. The molecule has 0 saturated heterocycles. The van der Waals surface area contributed by atoms with Crippen molar-refractivity contribution in [3.63, 3.8) is 0 Å². The molecule has 0 aliphatic heterocycles. The van der Waals surface area contributed by atoms with Gasteiger partial charge < -0.3 is 0 Å². The Bertz CT molecular complexity index is 772. The maximum Gasteiger partial charge on any atom is 0.342 e. The van der Waals surface area contributed by atoms with Crippen LogP contribution in [0.3, 0.4) is 0 Å². The van der Waals surface area contributed by atoms with E-state index in [1.807, 2.05) is 0 Å². The van der Waals surface area contributed by atoms with Crippen LogP contribution < -0.4 is 4.57 Å². The highest BCUT2D eigenvalue weighted by molar-refractivity contribution is 7.18. The van der Waals surface area contributed by atoms with Crippen LogP contribution in [0.1, 0.15) is 30.3 Å². The van der Waals surface area contributed by atoms with E-state index in [0.29, 0.717) is 5.92 Å². The first kappa shape index (κ1) is 13.3. The van der Waals surface area contributed by atoms with Gasteiger partial charge in [-0.05, 0) is 29.6 Å². The van der Waals surface area contributed by atoms with Gasteiger partial charge in [-0.1, -0.05) is 49.4 Å². The third-order valence-electron chi connectivity index (χ3n) is 3.64. The van der Waals surface area contributed by atoms with E-state index < -0.39 is 0 Å². The molecule has 102 valence electrons. The lowest BCUT2D eigenvalue weighted by molar-refractivity contribution is -0.635. The molecule has 0 unspecified atom stereocenters. The molecule has 0 aliphatic carbocycles. The smallest absolute Gasteiger partial charge is 0.225 e. The number of pyridine rings is 1. The number of nitrogens with zero attached hydrogens (tertiary/aromatic N) is 2. The van der Waals surface area contributed by atoms with Crippen LogP contribution >= 0.6 is 11.3 Å². The molecule has 2 nitrogen and oxygen atoms in total. The molecule has 0 N–H and O–H groups in total. The normalized spacial score (nSPS) is 11.4. The first-order valence-electron chi connectivity index (χ1n) is 6.93. The van der Waals surface area contributed by atoms with Crippen molar-refractivity contribution in [3.05, 3.63) is 47.0 Å². The van der Waals surface area contributed by atoms with E-state index in [4.69, 9.17) is 4.98 Å². The summed E-state index contributed by atoms with van der Waals surface area (Å²) in [7, 11) is 2.11. The van der Waals surface area contributed by atoms with Gasteiger partial charge in [0, 0.05) is 11.5 Å². The first-order valence-corrected chi connectivity index (χ1v) is 7.75. The zero-order chi connectivity index (χ0) is 14.3. The molecule has 0 amide bonds. The summed E-state index contributed by atoms with van der Waals surface area (Å²) in [6.07, 6.45) is 0. The summed E-state index contributed by atoms with van der Waals surface area (Å²) in [6.45, 7) is 6.54. The number of fused-ring (bicyclic) bond motifs is 1. The summed E-state index contributed by atoms with van der Waals surface area (Å²) in [5, 5.41) is 1.21. The van der Waals surface area contributed by atoms with Crippen LogP contribution in [0, 0.1) is 6.92 Å². The van der Waals surface area contributed by atoms with E-state index in [-0.39, 0.29) is 0 Å². The Morgan fingerprint density at radius 2 is 1.85 bits per heavy atom. The van der Waals surface area contributed by atoms with Gasteiger partial charge in [-0.15, -0.1) is 0 Å². The first-order chi connectivity index (χ1) is 9.58. The molecule has 3 heteroatoms. The molecule has 0 aliphatic rings. The third-order valence-corrected chi connectivity index (χ3v) is 4.95. The van der Waals surface area contributed by atoms with Crippen LogP contribution in [-0.2, 0) is 7.05 Å². The fraction of sp³-hybridized carbons (Fsp3) is 0.294. The maximum atomic E-state index is 4.81. The molecule has 0 radical (unpaired) electrons. The van der Waals surface area contributed by atoms with Crippen LogP contribution in [0.25, 0.3) is 21.6 Å². The van der Waals surface area contributed by atoms with Gasteiger partial charge in [-0.25, -0.2) is 4.57 Å². The van der Waals surface area contributed by atoms with Gasteiger partial charge in [0.15, 0.2) is 0 Å². The molecule has 3 aromatic rings. The van der Waals surface area contributed by atoms with E-state index in [1.165, 1.54) is 26.5 Å². The minimum absolute atomic E-state index is 0.481. The summed E-state index contributed by atoms with van der Waals surface area (Å²) < 4.78 is 3.47. The number of aromatic nitrogens is 2. The second-order valence-electron chi connectivity index (χ2n) is 5.49. The minimum Gasteiger partial charge on any atom is -0.225 e. The van der Waals surface area contributed by atoms with E-state index in [9.17, 15) is 0 Å². The van der Waals surface area contributed by atoms with Crippen LogP contribution in [0.2, 0.25) is 0 Å². The van der Waals surface area contributed by atoms with Gasteiger partial charge >= 0.3 is 5.65 Å². The zero-order valence-corrected chi connectivity index (χ0v) is 13.2. The number of benzene rings is 1. The Morgan fingerprint density at radius 3 is 2.55 bits per heavy atom. The number of rotatable bonds is 2. The maximum absolute atomic E-state index is 4.81. The highest BCUT2D eigenvalue weighted by atomic mass is 32.1. The molecule has 0 bridgehead atoms. The molecular formula is C17H19N2S+. The van der Waals surface area contributed by atoms with Crippen molar-refractivity contribution < 1.29 is 4.57 Å². The van der Waals surface area contributed by atoms with Crippen molar-refractivity contribution in [2.24, 2.45) is 7.05 Å². The lowest BCUT2D eigenvalue weighted by Crippen LogP contribution is -2.32. The van der Waals surface area contributed by atoms with Crippen molar-refractivity contribution in [3.8, 4) is 11.3 Å². The van der Waals surface area contributed by atoms with E-state index in [2.05, 4.69) is 68.8 Å². The Labute approximate surface area is 123 Å². The highest BCUT2D eigenvalue weighted by Crippen LogP contribution is 2.28. The van der Waals surface area contributed by atoms with E-state index in [1.54, 1.807) is 11.3 Å². The molecule has 20 heavy (non-hydrogen) atoms. The van der Waals surface area contributed by atoms with Crippen molar-refractivity contribution in [1.29, 1.82) is 0 Å². The van der Waals surface area contributed by atoms with E-state index in [0.717, 1.165) is 5.65 Å². The van der Waals surface area contributed by atoms with Crippen molar-refractivity contribution >= 4 is 21.7 Å². The predicted molar refractivity (Wildman–Crippen MR) is 85.1 cm³/mol. The molecule has 0 atom stereocenters. The molecule has 0 spiro atoms. The van der Waals surface area contributed by atoms with E-state index >= 15 is 0 Å². The fourth-order valence-corrected chi connectivity index (χ4v) is 3.45.